The van der Waals surface area contributed by atoms with Crippen molar-refractivity contribution in [1.82, 2.24) is 0 Å². The Hall–Kier alpha value is -1.58. The molecular formula is C23H32O2Si. The largest absolute Gasteiger partial charge is 0.490 e. The van der Waals surface area contributed by atoms with Crippen LogP contribution in [-0.2, 0) is 4.43 Å². The molecule has 2 aromatic carbocycles. The van der Waals surface area contributed by atoms with Gasteiger partial charge in [0.1, 0.15) is 11.9 Å². The molecule has 1 aliphatic carbocycles. The van der Waals surface area contributed by atoms with Crippen molar-refractivity contribution >= 4 is 8.32 Å². The minimum absolute atomic E-state index is 0.263. The van der Waals surface area contributed by atoms with Crippen molar-refractivity contribution in [3.63, 3.8) is 0 Å². The summed E-state index contributed by atoms with van der Waals surface area (Å²) in [5.41, 5.74) is 2.46. The van der Waals surface area contributed by atoms with Crippen molar-refractivity contribution in [1.29, 1.82) is 0 Å². The molecule has 2 nitrogen and oxygen atoms in total. The minimum atomic E-state index is -1.69. The molecule has 2 atom stereocenters. The lowest BCUT2D eigenvalue weighted by Crippen LogP contribution is -2.43. The average molecular weight is 369 g/mol. The molecule has 0 amide bonds. The third-order valence-electron chi connectivity index (χ3n) is 5.87. The second-order valence-electron chi connectivity index (χ2n) is 8.94. The number of ether oxygens (including phenoxy) is 1. The van der Waals surface area contributed by atoms with Crippen LogP contribution in [0.5, 0.6) is 5.75 Å². The first-order valence-electron chi connectivity index (χ1n) is 9.74. The molecule has 26 heavy (non-hydrogen) atoms. The van der Waals surface area contributed by atoms with Crippen LogP contribution in [0, 0.1) is 0 Å². The van der Waals surface area contributed by atoms with Gasteiger partial charge in [-0.2, -0.15) is 0 Å². The Labute approximate surface area is 159 Å². The van der Waals surface area contributed by atoms with Crippen LogP contribution >= 0.6 is 0 Å². The Kier molecular flexibility index (Phi) is 5.59. The number of hydrogen-bond acceptors (Lipinski definition) is 2. The van der Waals surface area contributed by atoms with E-state index in [1.54, 1.807) is 0 Å². The van der Waals surface area contributed by atoms with E-state index in [2.05, 4.69) is 82.4 Å². The summed E-state index contributed by atoms with van der Waals surface area (Å²) < 4.78 is 12.8. The van der Waals surface area contributed by atoms with E-state index in [0.29, 0.717) is 6.10 Å². The Morgan fingerprint density at radius 2 is 1.38 bits per heavy atom. The third kappa shape index (κ3) is 4.57. The molecule has 0 aromatic heterocycles. The van der Waals surface area contributed by atoms with E-state index >= 15 is 0 Å². The minimum Gasteiger partial charge on any atom is -0.490 e. The molecule has 0 N–H and O–H groups in total. The zero-order valence-corrected chi connectivity index (χ0v) is 17.8. The SMILES string of the molecule is CC(C)(C)[Si](C)(C)O[C@@H]1CC[C@H](Oc2ccc(-c3ccccc3)cc2)C1. The maximum absolute atomic E-state index is 6.57. The van der Waals surface area contributed by atoms with Crippen LogP contribution in [0.3, 0.4) is 0 Å². The summed E-state index contributed by atoms with van der Waals surface area (Å²) >= 11 is 0. The lowest BCUT2D eigenvalue weighted by molar-refractivity contribution is 0.154. The quantitative estimate of drug-likeness (QED) is 0.548. The highest BCUT2D eigenvalue weighted by molar-refractivity contribution is 6.74. The molecule has 0 bridgehead atoms. The van der Waals surface area contributed by atoms with E-state index in [-0.39, 0.29) is 11.1 Å². The normalized spacial score (nSPS) is 21.0. The van der Waals surface area contributed by atoms with Gasteiger partial charge in [-0.15, -0.1) is 0 Å². The fraction of sp³-hybridized carbons (Fsp3) is 0.478. The topological polar surface area (TPSA) is 18.5 Å². The monoisotopic (exact) mass is 368 g/mol. The standard InChI is InChI=1S/C23H32O2Si/c1-23(2,3)26(4,5)25-22-16-15-21(17-22)24-20-13-11-19(12-14-20)18-9-7-6-8-10-18/h6-14,21-22H,15-17H2,1-5H3/t21-,22+/m0/s1. The third-order valence-corrected chi connectivity index (χ3v) is 10.4. The van der Waals surface area contributed by atoms with Gasteiger partial charge >= 0.3 is 0 Å². The highest BCUT2D eigenvalue weighted by Gasteiger charge is 2.41. The number of benzene rings is 2. The molecule has 3 heteroatoms. The Balaban J connectivity index is 1.56. The molecule has 0 heterocycles. The van der Waals surface area contributed by atoms with Gasteiger partial charge in [0.2, 0.25) is 0 Å². The van der Waals surface area contributed by atoms with Crippen molar-refractivity contribution in [3.8, 4) is 16.9 Å². The molecule has 1 saturated carbocycles. The van der Waals surface area contributed by atoms with Gasteiger partial charge in [0, 0.05) is 12.5 Å². The fourth-order valence-electron chi connectivity index (χ4n) is 3.26. The summed E-state index contributed by atoms with van der Waals surface area (Å²) in [5, 5.41) is 0.263. The molecule has 1 fully saturated rings. The summed E-state index contributed by atoms with van der Waals surface area (Å²) in [7, 11) is -1.69. The molecule has 2 aromatic rings. The number of rotatable bonds is 5. The maximum atomic E-state index is 6.57. The second kappa shape index (κ2) is 7.57. The summed E-state index contributed by atoms with van der Waals surface area (Å²) in [4.78, 5) is 0. The first kappa shape index (κ1) is 19.2. The second-order valence-corrected chi connectivity index (χ2v) is 13.7. The lowest BCUT2D eigenvalue weighted by atomic mass is 10.1. The van der Waals surface area contributed by atoms with Crippen LogP contribution in [0.25, 0.3) is 11.1 Å². The maximum Gasteiger partial charge on any atom is 0.192 e. The molecule has 1 aliphatic rings. The Morgan fingerprint density at radius 3 is 2.00 bits per heavy atom. The van der Waals surface area contributed by atoms with Gasteiger partial charge in [-0.05, 0) is 54.2 Å². The van der Waals surface area contributed by atoms with E-state index in [9.17, 15) is 0 Å². The van der Waals surface area contributed by atoms with E-state index in [1.165, 1.54) is 11.1 Å². The fourth-order valence-corrected chi connectivity index (χ4v) is 4.66. The van der Waals surface area contributed by atoms with Gasteiger partial charge in [-0.3, -0.25) is 0 Å². The van der Waals surface area contributed by atoms with E-state index in [0.717, 1.165) is 25.0 Å². The summed E-state index contributed by atoms with van der Waals surface area (Å²) in [5.74, 6) is 0.961. The summed E-state index contributed by atoms with van der Waals surface area (Å²) in [6, 6.07) is 18.9. The van der Waals surface area contributed by atoms with Crippen LogP contribution in [0.1, 0.15) is 40.0 Å². The predicted octanol–water partition coefficient (Wildman–Crippen LogP) is 6.68. The van der Waals surface area contributed by atoms with Crippen molar-refractivity contribution in [3.05, 3.63) is 54.6 Å². The molecule has 140 valence electrons. The van der Waals surface area contributed by atoms with Crippen LogP contribution in [-0.4, -0.2) is 20.5 Å². The van der Waals surface area contributed by atoms with Gasteiger partial charge < -0.3 is 9.16 Å². The van der Waals surface area contributed by atoms with Crippen LogP contribution in [0.4, 0.5) is 0 Å². The van der Waals surface area contributed by atoms with Crippen molar-refractivity contribution in [2.24, 2.45) is 0 Å². The highest BCUT2D eigenvalue weighted by atomic mass is 28.4. The highest BCUT2D eigenvalue weighted by Crippen LogP contribution is 2.40. The van der Waals surface area contributed by atoms with Crippen LogP contribution in [0.15, 0.2) is 54.6 Å². The number of hydrogen-bond donors (Lipinski definition) is 0. The molecule has 0 spiro atoms. The van der Waals surface area contributed by atoms with Gasteiger partial charge in [0.15, 0.2) is 8.32 Å². The Bertz CT molecular complexity index is 701. The zero-order chi connectivity index (χ0) is 18.8. The summed E-state index contributed by atoms with van der Waals surface area (Å²) in [6.45, 7) is 11.6. The molecule has 0 saturated heterocycles. The van der Waals surface area contributed by atoms with Crippen molar-refractivity contribution in [2.75, 3.05) is 0 Å². The van der Waals surface area contributed by atoms with Crippen molar-refractivity contribution in [2.45, 2.75) is 70.4 Å². The molecule has 0 aliphatic heterocycles. The average Bonchev–Trinajstić information content (AvgIpc) is 3.01. The molecular weight excluding hydrogens is 336 g/mol. The lowest BCUT2D eigenvalue weighted by Gasteiger charge is -2.38. The summed E-state index contributed by atoms with van der Waals surface area (Å²) in [6.07, 6.45) is 3.82. The molecule has 0 radical (unpaired) electrons. The van der Waals surface area contributed by atoms with E-state index in [4.69, 9.17) is 9.16 Å². The van der Waals surface area contributed by atoms with E-state index in [1.807, 2.05) is 6.07 Å². The predicted molar refractivity (Wildman–Crippen MR) is 112 cm³/mol. The first-order chi connectivity index (χ1) is 12.2. The zero-order valence-electron chi connectivity index (χ0n) is 16.8. The van der Waals surface area contributed by atoms with Crippen LogP contribution < -0.4 is 4.74 Å². The van der Waals surface area contributed by atoms with Gasteiger partial charge in [0.05, 0.1) is 0 Å². The van der Waals surface area contributed by atoms with Crippen molar-refractivity contribution < 1.29 is 9.16 Å². The smallest absolute Gasteiger partial charge is 0.192 e. The molecule has 0 unspecified atom stereocenters. The van der Waals surface area contributed by atoms with Gasteiger partial charge in [-0.1, -0.05) is 63.2 Å². The van der Waals surface area contributed by atoms with Gasteiger partial charge in [0.25, 0.3) is 0 Å². The first-order valence-corrected chi connectivity index (χ1v) is 12.7. The van der Waals surface area contributed by atoms with Crippen LogP contribution in [0.2, 0.25) is 18.1 Å². The molecule has 3 rings (SSSR count). The van der Waals surface area contributed by atoms with E-state index < -0.39 is 8.32 Å². The van der Waals surface area contributed by atoms with Gasteiger partial charge in [-0.25, -0.2) is 0 Å². The Morgan fingerprint density at radius 1 is 0.808 bits per heavy atom.